The molecule has 1 amide bonds. The molecule has 1 aliphatic heterocycles. The first-order chi connectivity index (χ1) is 15.4. The summed E-state index contributed by atoms with van der Waals surface area (Å²) in [5.74, 6) is 0.00691. The Morgan fingerprint density at radius 2 is 1.75 bits per heavy atom. The number of allylic oxidation sites excluding steroid dienone is 1. The van der Waals surface area contributed by atoms with Gasteiger partial charge in [-0.1, -0.05) is 59.6 Å². The number of rotatable bonds is 3. The first-order valence-corrected chi connectivity index (χ1v) is 11.0. The third kappa shape index (κ3) is 3.22. The maximum atomic E-state index is 13.6. The molecule has 4 nitrogen and oxygen atoms in total. The minimum atomic E-state index is -1.07. The minimum absolute atomic E-state index is 0.0379. The average molecular weight is 464 g/mol. The Hall–Kier alpha value is -3.08. The van der Waals surface area contributed by atoms with Gasteiger partial charge in [0.05, 0.1) is 7.11 Å². The summed E-state index contributed by atoms with van der Waals surface area (Å²) in [7, 11) is 1.58. The Morgan fingerprint density at radius 1 is 0.969 bits per heavy atom. The molecule has 2 aliphatic rings. The second kappa shape index (κ2) is 7.80. The number of fused-ring (bicyclic) bond motifs is 2. The molecule has 5 rings (SSSR count). The number of Topliss-reactive ketones (excluding diaryl/α,β-unsaturated/α-hetero) is 1. The summed E-state index contributed by atoms with van der Waals surface area (Å²) in [6.07, 6.45) is 1.98. The van der Waals surface area contributed by atoms with Gasteiger partial charge in [-0.3, -0.25) is 9.59 Å². The van der Waals surface area contributed by atoms with Gasteiger partial charge in [0.2, 0.25) is 5.91 Å². The molecule has 1 spiro atoms. The smallest absolute Gasteiger partial charge is 0.239 e. The minimum Gasteiger partial charge on any atom is -0.497 e. The zero-order chi connectivity index (χ0) is 22.5. The van der Waals surface area contributed by atoms with Gasteiger partial charge in [0.15, 0.2) is 5.78 Å². The predicted molar refractivity (Wildman–Crippen MR) is 127 cm³/mol. The normalized spacial score (nSPS) is 21.8. The molecule has 0 aromatic heterocycles. The van der Waals surface area contributed by atoms with Crippen LogP contribution in [-0.2, 0) is 15.0 Å². The lowest BCUT2D eigenvalue weighted by Crippen LogP contribution is -2.43. The topological polar surface area (TPSA) is 55.4 Å². The largest absolute Gasteiger partial charge is 0.497 e. The molecule has 3 aromatic carbocycles. The zero-order valence-corrected chi connectivity index (χ0v) is 18.7. The fraction of sp³-hybridized carbons (Fsp3) is 0.154. The molecule has 6 heteroatoms. The van der Waals surface area contributed by atoms with E-state index in [2.05, 4.69) is 5.32 Å². The lowest BCUT2D eigenvalue weighted by Gasteiger charge is -2.38. The number of ketones is 1. The van der Waals surface area contributed by atoms with E-state index in [-0.39, 0.29) is 18.1 Å². The van der Waals surface area contributed by atoms with Crippen molar-refractivity contribution in [1.29, 1.82) is 0 Å². The highest BCUT2D eigenvalue weighted by molar-refractivity contribution is 6.31. The highest BCUT2D eigenvalue weighted by atomic mass is 35.5. The van der Waals surface area contributed by atoms with Crippen LogP contribution in [0.5, 0.6) is 5.75 Å². The Morgan fingerprint density at radius 3 is 2.53 bits per heavy atom. The SMILES string of the molecule is COc1cccc(C2=C[C@@]3(C(=O)Nc4cc(Cl)ccc43)[C@H](c3cccc(Cl)c3)CC2=O)c1. The number of anilines is 1. The molecule has 0 radical (unpaired) electrons. The van der Waals surface area contributed by atoms with Crippen molar-refractivity contribution in [1.82, 2.24) is 0 Å². The fourth-order valence-corrected chi connectivity index (χ4v) is 5.19. The van der Waals surface area contributed by atoms with Gasteiger partial charge in [-0.05, 0) is 53.1 Å². The van der Waals surface area contributed by atoms with Crippen molar-refractivity contribution in [3.63, 3.8) is 0 Å². The second-order valence-corrected chi connectivity index (χ2v) is 8.91. The molecule has 1 aliphatic carbocycles. The Labute approximate surface area is 195 Å². The number of carbonyl (C=O) groups excluding carboxylic acids is 2. The van der Waals surface area contributed by atoms with Crippen LogP contribution in [0.25, 0.3) is 5.57 Å². The van der Waals surface area contributed by atoms with Crippen LogP contribution in [0.2, 0.25) is 10.0 Å². The standard InChI is InChI=1S/C26H19Cl2NO3/c1-32-19-7-3-4-15(11-19)20-14-26(21-9-8-18(28)12-23(21)29-25(26)31)22(13-24(20)30)16-5-2-6-17(27)10-16/h2-12,14,22H,13H2,1H3,(H,29,31)/t22-,26-/m0/s1. The number of nitrogens with one attached hydrogen (secondary N) is 1. The fourth-order valence-electron chi connectivity index (χ4n) is 4.82. The number of ether oxygens (including phenoxy) is 1. The summed E-state index contributed by atoms with van der Waals surface area (Å²) in [5, 5.41) is 4.08. The Kier molecular flexibility index (Phi) is 5.07. The van der Waals surface area contributed by atoms with Crippen LogP contribution in [0.3, 0.4) is 0 Å². The van der Waals surface area contributed by atoms with Gasteiger partial charge < -0.3 is 10.1 Å². The van der Waals surface area contributed by atoms with Crippen LogP contribution in [-0.4, -0.2) is 18.8 Å². The molecule has 0 saturated carbocycles. The molecular weight excluding hydrogens is 445 g/mol. The Bertz CT molecular complexity index is 1300. The van der Waals surface area contributed by atoms with Crippen LogP contribution in [0.4, 0.5) is 5.69 Å². The molecule has 2 atom stereocenters. The number of halogens is 2. The molecular formula is C26H19Cl2NO3. The highest BCUT2D eigenvalue weighted by Gasteiger charge is 2.54. The summed E-state index contributed by atoms with van der Waals surface area (Å²) in [6.45, 7) is 0. The van der Waals surface area contributed by atoms with E-state index in [1.54, 1.807) is 25.3 Å². The van der Waals surface area contributed by atoms with Crippen LogP contribution in [0.1, 0.15) is 29.0 Å². The van der Waals surface area contributed by atoms with Gasteiger partial charge >= 0.3 is 0 Å². The molecule has 1 N–H and O–H groups in total. The van der Waals surface area contributed by atoms with Crippen molar-refractivity contribution in [2.75, 3.05) is 12.4 Å². The predicted octanol–water partition coefficient (Wildman–Crippen LogP) is 6.03. The molecule has 0 fully saturated rings. The highest BCUT2D eigenvalue weighted by Crippen LogP contribution is 2.54. The van der Waals surface area contributed by atoms with E-state index in [0.29, 0.717) is 32.6 Å². The van der Waals surface area contributed by atoms with Crippen molar-refractivity contribution in [2.24, 2.45) is 0 Å². The third-order valence-electron chi connectivity index (χ3n) is 6.29. The van der Waals surface area contributed by atoms with Gasteiger partial charge in [0, 0.05) is 33.6 Å². The van der Waals surface area contributed by atoms with E-state index in [4.69, 9.17) is 27.9 Å². The number of hydrogen-bond acceptors (Lipinski definition) is 3. The molecule has 0 unspecified atom stereocenters. The quantitative estimate of drug-likeness (QED) is 0.515. The number of carbonyl (C=O) groups is 2. The van der Waals surface area contributed by atoms with Gasteiger partial charge in [0.1, 0.15) is 11.2 Å². The van der Waals surface area contributed by atoms with Crippen molar-refractivity contribution in [2.45, 2.75) is 17.8 Å². The van der Waals surface area contributed by atoms with E-state index in [9.17, 15) is 9.59 Å². The lowest BCUT2D eigenvalue weighted by atomic mass is 9.61. The summed E-state index contributed by atoms with van der Waals surface area (Å²) < 4.78 is 5.34. The summed E-state index contributed by atoms with van der Waals surface area (Å²) in [4.78, 5) is 27.0. The van der Waals surface area contributed by atoms with Crippen LogP contribution in [0.15, 0.2) is 72.8 Å². The van der Waals surface area contributed by atoms with Gasteiger partial charge in [-0.15, -0.1) is 0 Å². The number of methoxy groups -OCH3 is 1. The first kappa shape index (κ1) is 20.8. The second-order valence-electron chi connectivity index (χ2n) is 8.04. The summed E-state index contributed by atoms with van der Waals surface area (Å²) in [5.41, 5.74) is 2.44. The van der Waals surface area contributed by atoms with E-state index >= 15 is 0 Å². The van der Waals surface area contributed by atoms with Gasteiger partial charge in [0.25, 0.3) is 0 Å². The first-order valence-electron chi connectivity index (χ1n) is 10.2. The van der Waals surface area contributed by atoms with Gasteiger partial charge in [-0.2, -0.15) is 0 Å². The molecule has 160 valence electrons. The molecule has 3 aromatic rings. The monoisotopic (exact) mass is 463 g/mol. The van der Waals surface area contributed by atoms with E-state index in [0.717, 1.165) is 11.1 Å². The Balaban J connectivity index is 1.78. The molecule has 1 heterocycles. The molecule has 0 bridgehead atoms. The maximum absolute atomic E-state index is 13.6. The van der Waals surface area contributed by atoms with Gasteiger partial charge in [-0.25, -0.2) is 0 Å². The zero-order valence-electron chi connectivity index (χ0n) is 17.2. The summed E-state index contributed by atoms with van der Waals surface area (Å²) >= 11 is 12.5. The molecule has 0 saturated heterocycles. The van der Waals surface area contributed by atoms with E-state index in [1.807, 2.05) is 54.6 Å². The van der Waals surface area contributed by atoms with Crippen molar-refractivity contribution < 1.29 is 14.3 Å². The maximum Gasteiger partial charge on any atom is 0.239 e. The average Bonchev–Trinajstić information content (AvgIpc) is 3.05. The van der Waals surface area contributed by atoms with Crippen molar-refractivity contribution in [3.8, 4) is 5.75 Å². The summed E-state index contributed by atoms with van der Waals surface area (Å²) in [6, 6.07) is 20.1. The number of hydrogen-bond donors (Lipinski definition) is 1. The van der Waals surface area contributed by atoms with E-state index < -0.39 is 11.3 Å². The van der Waals surface area contributed by atoms with Crippen molar-refractivity contribution >= 4 is 46.2 Å². The third-order valence-corrected chi connectivity index (χ3v) is 6.76. The van der Waals surface area contributed by atoms with E-state index in [1.165, 1.54) is 0 Å². The van der Waals surface area contributed by atoms with Crippen molar-refractivity contribution in [3.05, 3.63) is 99.5 Å². The number of benzene rings is 3. The van der Waals surface area contributed by atoms with Crippen LogP contribution >= 0.6 is 23.2 Å². The number of amides is 1. The lowest BCUT2D eigenvalue weighted by molar-refractivity contribution is -0.121. The molecule has 32 heavy (non-hydrogen) atoms. The van der Waals surface area contributed by atoms with Crippen LogP contribution in [0, 0.1) is 0 Å². The van der Waals surface area contributed by atoms with Crippen LogP contribution < -0.4 is 10.1 Å².